The monoisotopic (exact) mass is 278 g/mol. The van der Waals surface area contributed by atoms with E-state index in [0.717, 1.165) is 5.56 Å². The molecule has 0 aliphatic rings. The number of esters is 1. The van der Waals surface area contributed by atoms with Crippen LogP contribution in [0.3, 0.4) is 0 Å². The molecule has 0 heterocycles. The lowest BCUT2D eigenvalue weighted by atomic mass is 9.87. The molecule has 0 radical (unpaired) electrons. The highest BCUT2D eigenvalue weighted by Gasteiger charge is 2.26. The zero-order valence-corrected chi connectivity index (χ0v) is 12.8. The number of hydrogen-bond donors (Lipinski definition) is 2. The van der Waals surface area contributed by atoms with E-state index >= 15 is 0 Å². The summed E-state index contributed by atoms with van der Waals surface area (Å²) in [5, 5.41) is 3.03. The van der Waals surface area contributed by atoms with Crippen LogP contribution in [-0.2, 0) is 9.53 Å². The van der Waals surface area contributed by atoms with E-state index in [1.807, 2.05) is 39.0 Å². The fourth-order valence-electron chi connectivity index (χ4n) is 2.25. The van der Waals surface area contributed by atoms with Crippen LogP contribution in [0.4, 0.5) is 0 Å². The van der Waals surface area contributed by atoms with E-state index in [9.17, 15) is 4.79 Å². The van der Waals surface area contributed by atoms with Crippen LogP contribution in [-0.4, -0.2) is 31.2 Å². The van der Waals surface area contributed by atoms with Gasteiger partial charge in [-0.05, 0) is 39.8 Å². The lowest BCUT2D eigenvalue weighted by Gasteiger charge is -2.26. The zero-order chi connectivity index (χ0) is 15.1. The number of nitrogens with one attached hydrogen (secondary N) is 1. The highest BCUT2D eigenvalue weighted by molar-refractivity contribution is 5.76. The van der Waals surface area contributed by atoms with Gasteiger partial charge in [-0.25, -0.2) is 0 Å². The molecule has 0 amide bonds. The van der Waals surface area contributed by atoms with Crippen molar-refractivity contribution in [3.8, 4) is 0 Å². The molecule has 4 heteroatoms. The summed E-state index contributed by atoms with van der Waals surface area (Å²) in [7, 11) is 1.77. The van der Waals surface area contributed by atoms with Crippen LogP contribution in [0.25, 0.3) is 0 Å². The van der Waals surface area contributed by atoms with Crippen molar-refractivity contribution < 1.29 is 9.53 Å². The van der Waals surface area contributed by atoms with Crippen LogP contribution in [0.5, 0.6) is 0 Å². The van der Waals surface area contributed by atoms with E-state index in [4.69, 9.17) is 10.5 Å². The molecule has 4 nitrogen and oxygen atoms in total. The van der Waals surface area contributed by atoms with Gasteiger partial charge in [0.2, 0.25) is 0 Å². The molecule has 0 aromatic heterocycles. The zero-order valence-electron chi connectivity index (χ0n) is 12.8. The van der Waals surface area contributed by atoms with Crippen LogP contribution in [0.15, 0.2) is 30.3 Å². The summed E-state index contributed by atoms with van der Waals surface area (Å²) in [6, 6.07) is 9.69. The summed E-state index contributed by atoms with van der Waals surface area (Å²) in [5.41, 5.74) is 7.25. The van der Waals surface area contributed by atoms with Gasteiger partial charge in [0.05, 0.1) is 6.10 Å². The van der Waals surface area contributed by atoms with Crippen molar-refractivity contribution in [3.63, 3.8) is 0 Å². The van der Waals surface area contributed by atoms with Gasteiger partial charge in [-0.3, -0.25) is 4.79 Å². The molecule has 0 spiro atoms. The second-order valence-electron chi connectivity index (χ2n) is 5.44. The maximum absolute atomic E-state index is 12.0. The van der Waals surface area contributed by atoms with Gasteiger partial charge in [-0.1, -0.05) is 30.3 Å². The molecule has 1 aromatic rings. The van der Waals surface area contributed by atoms with E-state index < -0.39 is 0 Å². The standard InChI is InChI=1S/C16H26N2O2/c1-11(2)20-16(19)15(18-4)10-14(12(3)17)13-8-6-5-7-9-13/h5-9,11-12,14-15,18H,10,17H2,1-4H3. The lowest BCUT2D eigenvalue weighted by Crippen LogP contribution is -2.40. The van der Waals surface area contributed by atoms with Crippen molar-refractivity contribution >= 4 is 5.97 Å². The Kier molecular flexibility index (Phi) is 6.68. The first-order valence-corrected chi connectivity index (χ1v) is 7.14. The first-order chi connectivity index (χ1) is 9.45. The maximum Gasteiger partial charge on any atom is 0.323 e. The molecule has 3 atom stereocenters. The summed E-state index contributed by atoms with van der Waals surface area (Å²) < 4.78 is 5.28. The lowest BCUT2D eigenvalue weighted by molar-refractivity contribution is -0.150. The van der Waals surface area contributed by atoms with Gasteiger partial charge in [0.15, 0.2) is 0 Å². The number of carbonyl (C=O) groups is 1. The minimum absolute atomic E-state index is 0.0277. The molecule has 0 saturated heterocycles. The van der Waals surface area contributed by atoms with Gasteiger partial charge >= 0.3 is 5.97 Å². The number of carbonyl (C=O) groups excluding carboxylic acids is 1. The average molecular weight is 278 g/mol. The van der Waals surface area contributed by atoms with E-state index in [0.29, 0.717) is 6.42 Å². The molecule has 1 rings (SSSR count). The highest BCUT2D eigenvalue weighted by Crippen LogP contribution is 2.24. The van der Waals surface area contributed by atoms with Crippen molar-refractivity contribution in [3.05, 3.63) is 35.9 Å². The third-order valence-corrected chi connectivity index (χ3v) is 3.34. The second kappa shape index (κ2) is 8.02. The molecule has 112 valence electrons. The van der Waals surface area contributed by atoms with Crippen LogP contribution in [0.1, 0.15) is 38.7 Å². The molecule has 0 saturated carbocycles. The largest absolute Gasteiger partial charge is 0.462 e. The average Bonchev–Trinajstić information content (AvgIpc) is 2.39. The van der Waals surface area contributed by atoms with E-state index in [2.05, 4.69) is 17.4 Å². The molecule has 3 unspecified atom stereocenters. The second-order valence-corrected chi connectivity index (χ2v) is 5.44. The van der Waals surface area contributed by atoms with Gasteiger partial charge in [-0.2, -0.15) is 0 Å². The number of nitrogens with two attached hydrogens (primary N) is 1. The number of likely N-dealkylation sites (N-methyl/N-ethyl adjacent to an activating group) is 1. The molecular weight excluding hydrogens is 252 g/mol. The van der Waals surface area contributed by atoms with E-state index in [-0.39, 0.29) is 30.1 Å². The smallest absolute Gasteiger partial charge is 0.323 e. The first kappa shape index (κ1) is 16.7. The van der Waals surface area contributed by atoms with Crippen LogP contribution in [0, 0.1) is 0 Å². The van der Waals surface area contributed by atoms with Crippen molar-refractivity contribution in [1.82, 2.24) is 5.32 Å². The Bertz CT molecular complexity index is 404. The predicted molar refractivity (Wildman–Crippen MR) is 81.5 cm³/mol. The summed E-state index contributed by atoms with van der Waals surface area (Å²) >= 11 is 0. The van der Waals surface area contributed by atoms with Crippen molar-refractivity contribution in [1.29, 1.82) is 0 Å². The predicted octanol–water partition coefficient (Wildman–Crippen LogP) is 2.05. The maximum atomic E-state index is 12.0. The highest BCUT2D eigenvalue weighted by atomic mass is 16.5. The Hall–Kier alpha value is -1.39. The summed E-state index contributed by atoms with van der Waals surface area (Å²) in [5.74, 6) is -0.0996. The third kappa shape index (κ3) is 4.94. The van der Waals surface area contributed by atoms with Gasteiger partial charge in [0.25, 0.3) is 0 Å². The Labute approximate surface area is 121 Å². The van der Waals surface area contributed by atoms with E-state index in [1.54, 1.807) is 7.05 Å². The molecular formula is C16H26N2O2. The van der Waals surface area contributed by atoms with Crippen molar-refractivity contribution in [2.45, 2.75) is 51.3 Å². The van der Waals surface area contributed by atoms with Crippen LogP contribution < -0.4 is 11.1 Å². The minimum Gasteiger partial charge on any atom is -0.462 e. The third-order valence-electron chi connectivity index (χ3n) is 3.34. The molecule has 1 aromatic carbocycles. The van der Waals surface area contributed by atoms with Crippen LogP contribution in [0.2, 0.25) is 0 Å². The Morgan fingerprint density at radius 3 is 2.30 bits per heavy atom. The Balaban J connectivity index is 2.81. The number of rotatable bonds is 7. The van der Waals surface area contributed by atoms with Crippen molar-refractivity contribution in [2.75, 3.05) is 7.05 Å². The van der Waals surface area contributed by atoms with Crippen molar-refractivity contribution in [2.24, 2.45) is 5.73 Å². The van der Waals surface area contributed by atoms with Crippen LogP contribution >= 0.6 is 0 Å². The molecule has 0 aliphatic carbocycles. The quantitative estimate of drug-likeness (QED) is 0.749. The topological polar surface area (TPSA) is 64.3 Å². The van der Waals surface area contributed by atoms with E-state index in [1.165, 1.54) is 0 Å². The van der Waals surface area contributed by atoms with Gasteiger partial charge in [0, 0.05) is 12.0 Å². The fourth-order valence-corrected chi connectivity index (χ4v) is 2.25. The first-order valence-electron chi connectivity index (χ1n) is 7.14. The van der Waals surface area contributed by atoms with Gasteiger partial charge in [0.1, 0.15) is 6.04 Å². The number of hydrogen-bond acceptors (Lipinski definition) is 4. The van der Waals surface area contributed by atoms with Gasteiger partial charge in [-0.15, -0.1) is 0 Å². The molecule has 0 fully saturated rings. The normalized spacial score (nSPS) is 15.7. The molecule has 0 aliphatic heterocycles. The molecule has 20 heavy (non-hydrogen) atoms. The summed E-state index contributed by atoms with van der Waals surface area (Å²) in [6.45, 7) is 5.67. The Morgan fingerprint density at radius 2 is 1.85 bits per heavy atom. The Morgan fingerprint density at radius 1 is 1.25 bits per heavy atom. The van der Waals surface area contributed by atoms with Gasteiger partial charge < -0.3 is 15.8 Å². The SMILES string of the molecule is CNC(CC(c1ccccc1)C(C)N)C(=O)OC(C)C. The summed E-state index contributed by atoms with van der Waals surface area (Å²) in [6.07, 6.45) is 0.521. The minimum atomic E-state index is -0.339. The number of benzene rings is 1. The summed E-state index contributed by atoms with van der Waals surface area (Å²) in [4.78, 5) is 12.0. The molecule has 3 N–H and O–H groups in total. The fraction of sp³-hybridized carbons (Fsp3) is 0.562. The number of ether oxygens (including phenoxy) is 1. The molecule has 0 bridgehead atoms.